The van der Waals surface area contributed by atoms with Gasteiger partial charge in [-0.3, -0.25) is 9.79 Å². The third-order valence-electron chi connectivity index (χ3n) is 12.9. The zero-order chi connectivity index (χ0) is 41.0. The molecule has 1 spiro atoms. The average Bonchev–Trinajstić information content (AvgIpc) is 3.52. The first kappa shape index (κ1) is 37.3. The summed E-state index contributed by atoms with van der Waals surface area (Å²) < 4.78 is 25.6. The van der Waals surface area contributed by atoms with Gasteiger partial charge in [-0.2, -0.15) is 0 Å². The van der Waals surface area contributed by atoms with Crippen LogP contribution in [0.1, 0.15) is 55.2 Å². The molecule has 0 amide bonds. The zero-order valence-electron chi connectivity index (χ0n) is 33.4. The Morgan fingerprint density at radius 1 is 1.05 bits per heavy atom. The number of hydrogen-bond donors (Lipinski definition) is 4. The highest BCUT2D eigenvalue weighted by molar-refractivity contribution is 5.88. The first-order valence-corrected chi connectivity index (χ1v) is 20.2. The number of pyridine rings is 2. The van der Waals surface area contributed by atoms with Gasteiger partial charge in [-0.1, -0.05) is 12.2 Å². The summed E-state index contributed by atoms with van der Waals surface area (Å²) in [6.45, 7) is 7.45. The van der Waals surface area contributed by atoms with Crippen LogP contribution < -0.4 is 26.9 Å². The monoisotopic (exact) mass is 797 g/mol. The number of allylic oxidation sites excluding steroid dienone is 2. The van der Waals surface area contributed by atoms with E-state index in [4.69, 9.17) is 30.1 Å². The third-order valence-corrected chi connectivity index (χ3v) is 12.9. The first-order chi connectivity index (χ1) is 28.3. The predicted molar refractivity (Wildman–Crippen MR) is 222 cm³/mol. The molecular formula is C45H47N7O7. The minimum atomic E-state index is -1.21. The van der Waals surface area contributed by atoms with Gasteiger partial charge >= 0.3 is 5.97 Å². The molecule has 4 aromatic rings. The molecule has 2 saturated heterocycles. The van der Waals surface area contributed by atoms with Crippen molar-refractivity contribution < 1.29 is 28.5 Å². The summed E-state index contributed by atoms with van der Waals surface area (Å²) >= 11 is 0. The Balaban J connectivity index is 0.934. The number of aliphatic imine (C=N–C) groups is 1. The number of nitrogens with zero attached hydrogens (tertiary/aromatic N) is 4. The highest BCUT2D eigenvalue weighted by atomic mass is 16.7. The van der Waals surface area contributed by atoms with Crippen LogP contribution in [0.5, 0.6) is 11.5 Å². The van der Waals surface area contributed by atoms with E-state index in [-0.39, 0.29) is 39.9 Å². The highest BCUT2D eigenvalue weighted by Crippen LogP contribution is 2.59. The molecular weight excluding hydrogens is 751 g/mol. The fraction of sp³-hybridized carbons (Fsp3) is 0.400. The van der Waals surface area contributed by atoms with Gasteiger partial charge in [-0.15, -0.1) is 0 Å². The van der Waals surface area contributed by atoms with Crippen molar-refractivity contribution in [2.45, 2.75) is 75.9 Å². The maximum absolute atomic E-state index is 14.7. The number of nitrogen functional groups attached to an aromatic ring is 2. The Hall–Kier alpha value is -5.99. The quantitative estimate of drug-likeness (QED) is 0.105. The van der Waals surface area contributed by atoms with Gasteiger partial charge in [0, 0.05) is 59.6 Å². The number of hydrogen-bond acceptors (Lipinski definition) is 14. The van der Waals surface area contributed by atoms with E-state index in [1.807, 2.05) is 57.6 Å². The van der Waals surface area contributed by atoms with Gasteiger partial charge in [0.2, 0.25) is 0 Å². The van der Waals surface area contributed by atoms with Crippen LogP contribution >= 0.6 is 0 Å². The number of aryl methyl sites for hydroxylation is 2. The lowest BCUT2D eigenvalue weighted by atomic mass is 9.64. The van der Waals surface area contributed by atoms with E-state index in [0.29, 0.717) is 66.8 Å². The van der Waals surface area contributed by atoms with Crippen molar-refractivity contribution in [2.24, 2.45) is 22.7 Å². The van der Waals surface area contributed by atoms with E-state index in [1.165, 1.54) is 11.6 Å². The summed E-state index contributed by atoms with van der Waals surface area (Å²) in [5.41, 5.74) is 16.2. The molecule has 0 unspecified atom stereocenters. The van der Waals surface area contributed by atoms with Crippen molar-refractivity contribution in [1.82, 2.24) is 20.2 Å². The minimum Gasteiger partial charge on any atom is -0.507 e. The van der Waals surface area contributed by atoms with E-state index in [0.717, 1.165) is 29.1 Å². The first-order valence-electron chi connectivity index (χ1n) is 20.2. The number of phenolic OH excluding ortho intramolecular Hbond substituents is 1. The number of phenols is 1. The van der Waals surface area contributed by atoms with Crippen LogP contribution in [0.4, 0.5) is 11.6 Å². The third kappa shape index (κ3) is 6.19. The van der Waals surface area contributed by atoms with Gasteiger partial charge in [-0.05, 0) is 101 Å². The van der Waals surface area contributed by atoms with Crippen molar-refractivity contribution in [3.05, 3.63) is 105 Å². The average molecular weight is 798 g/mol. The molecule has 2 bridgehead atoms. The van der Waals surface area contributed by atoms with Gasteiger partial charge in [0.05, 0.1) is 29.7 Å². The summed E-state index contributed by atoms with van der Waals surface area (Å²) in [5, 5.41) is 15.3. The van der Waals surface area contributed by atoms with Gasteiger partial charge in [-0.25, -0.2) is 14.8 Å². The van der Waals surface area contributed by atoms with Crippen LogP contribution in [0, 0.1) is 24.7 Å². The van der Waals surface area contributed by atoms with Crippen molar-refractivity contribution >= 4 is 34.8 Å². The van der Waals surface area contributed by atoms with Gasteiger partial charge in [0.15, 0.2) is 11.0 Å². The van der Waals surface area contributed by atoms with Crippen LogP contribution in [0.25, 0.3) is 22.2 Å². The molecule has 7 atom stereocenters. The summed E-state index contributed by atoms with van der Waals surface area (Å²) in [5.74, 6) is 0.0362. The van der Waals surface area contributed by atoms with Gasteiger partial charge in [0.1, 0.15) is 51.6 Å². The van der Waals surface area contributed by atoms with Crippen LogP contribution in [-0.4, -0.2) is 75.7 Å². The molecule has 2 fully saturated rings. The fourth-order valence-electron chi connectivity index (χ4n) is 10.3. The normalized spacial score (nSPS) is 28.3. The van der Waals surface area contributed by atoms with Crippen LogP contribution in [-0.2, 0) is 27.2 Å². The number of fused-ring (bicyclic) bond motifs is 5. The molecule has 7 aliphatic rings. The molecule has 59 heavy (non-hydrogen) atoms. The van der Waals surface area contributed by atoms with E-state index in [2.05, 4.69) is 37.3 Å². The second-order valence-electron chi connectivity index (χ2n) is 17.3. The van der Waals surface area contributed by atoms with Crippen LogP contribution in [0.15, 0.2) is 86.3 Å². The number of ether oxygens (including phenoxy) is 3. The van der Waals surface area contributed by atoms with Crippen LogP contribution in [0.2, 0.25) is 0 Å². The number of nitrogens with two attached hydrogens (primary N) is 2. The van der Waals surface area contributed by atoms with Crippen molar-refractivity contribution in [3.8, 4) is 22.8 Å². The molecule has 304 valence electrons. The number of anilines is 2. The van der Waals surface area contributed by atoms with Crippen molar-refractivity contribution in [1.29, 1.82) is 0 Å². The molecule has 0 radical (unpaired) electrons. The smallest absolute Gasteiger partial charge is 0.342 e. The number of rotatable bonds is 8. The topological polar surface area (TPSA) is 204 Å². The van der Waals surface area contributed by atoms with Crippen LogP contribution in [0.3, 0.4) is 0 Å². The Bertz CT molecular complexity index is 2630. The summed E-state index contributed by atoms with van der Waals surface area (Å²) in [4.78, 5) is 43.8. The molecule has 0 saturated carbocycles. The Morgan fingerprint density at radius 2 is 1.88 bits per heavy atom. The van der Waals surface area contributed by atoms with E-state index >= 15 is 0 Å². The minimum absolute atomic E-state index is 0.0394. The summed E-state index contributed by atoms with van der Waals surface area (Å²) in [6, 6.07) is 10.7. The van der Waals surface area contributed by atoms with Crippen molar-refractivity contribution in [3.63, 3.8) is 0 Å². The number of aromatic nitrogens is 2. The molecule has 14 heteroatoms. The van der Waals surface area contributed by atoms with Crippen molar-refractivity contribution in [2.75, 3.05) is 31.6 Å². The number of epoxide rings is 1. The van der Waals surface area contributed by atoms with E-state index in [1.54, 1.807) is 19.1 Å². The number of benzene rings is 1. The second kappa shape index (κ2) is 13.5. The Kier molecular flexibility index (Phi) is 8.55. The molecule has 14 nitrogen and oxygen atoms in total. The molecule has 1 aliphatic carbocycles. The summed E-state index contributed by atoms with van der Waals surface area (Å²) in [7, 11) is 1.91. The molecule has 11 rings (SSSR count). The van der Waals surface area contributed by atoms with Gasteiger partial charge in [0.25, 0.3) is 0 Å². The molecule has 6 aliphatic heterocycles. The Labute approximate surface area is 340 Å². The SMILES string of the molecule is CNC[C@H]1C[C@@H]2C=C[C@@H]1[C@H]1c3c(cc4oc(C)cc(=O)c4c3O)OC(C)(C)[C@@H]1OC(=O)[C@]21O[C@@H]1CCc1cc(N)nc(-c2cc(N)nc(CN3C=C4N=CC=C4C3)c2)c1. The maximum Gasteiger partial charge on any atom is 0.342 e. The molecule has 6 N–H and O–H groups in total. The standard InChI is InChI=1S/C45H47N7O7/c1-22-11-32(53)39-33(56-22)17-34-40(41(39)54)38-29-7-6-27(14-26(29)18-48-4)45(43(55)57-42(38)44(2,3)58-34)35(59-45)8-5-23-12-30(51-36(46)13-23)25-15-28(50-37(47)16-25)20-52-19-24-9-10-49-31(24)21-52/h6-7,9-13,15-17,21,26-27,29,35,38,42,48,54H,5,8,14,18-20H2,1-4H3,(H2,46,51)(H2,47,50)/t26-,27+,29+,35-,38+,42-,45+/m1/s1. The zero-order valence-corrected chi connectivity index (χ0v) is 33.4. The Morgan fingerprint density at radius 3 is 2.69 bits per heavy atom. The van der Waals surface area contributed by atoms with E-state index < -0.39 is 35.3 Å². The van der Waals surface area contributed by atoms with E-state index in [9.17, 15) is 14.7 Å². The molecule has 1 aromatic carbocycles. The number of aromatic hydroxyl groups is 1. The number of carbonyl (C=O) groups is 1. The predicted octanol–water partition coefficient (Wildman–Crippen LogP) is 5.07. The number of carbonyl (C=O) groups excluding carboxylic acids is 1. The largest absolute Gasteiger partial charge is 0.507 e. The number of nitrogens with one attached hydrogen (secondary N) is 1. The fourth-order valence-corrected chi connectivity index (χ4v) is 10.3. The second-order valence-corrected chi connectivity index (χ2v) is 17.3. The lowest BCUT2D eigenvalue weighted by Crippen LogP contribution is -2.54. The highest BCUT2D eigenvalue weighted by Gasteiger charge is 2.70. The van der Waals surface area contributed by atoms with Gasteiger partial charge < -0.3 is 45.4 Å². The lowest BCUT2D eigenvalue weighted by molar-refractivity contribution is -0.172. The maximum atomic E-state index is 14.7. The summed E-state index contributed by atoms with van der Waals surface area (Å²) in [6.07, 6.45) is 10.7. The molecule has 3 aromatic heterocycles. The lowest BCUT2D eigenvalue weighted by Gasteiger charge is -2.47. The molecule has 9 heterocycles. The number of esters is 1.